The average molecular weight is 389 g/mol. The van der Waals surface area contributed by atoms with E-state index >= 15 is 0 Å². The summed E-state index contributed by atoms with van der Waals surface area (Å²) >= 11 is 12.2. The van der Waals surface area contributed by atoms with Crippen LogP contribution < -0.4 is 5.32 Å². The van der Waals surface area contributed by atoms with E-state index in [4.69, 9.17) is 23.2 Å². The van der Waals surface area contributed by atoms with Crippen molar-refractivity contribution < 1.29 is 0 Å². The van der Waals surface area contributed by atoms with Gasteiger partial charge in [0.1, 0.15) is 5.82 Å². The highest BCUT2D eigenvalue weighted by Crippen LogP contribution is 2.35. The van der Waals surface area contributed by atoms with Crippen molar-refractivity contribution in [1.29, 1.82) is 0 Å². The van der Waals surface area contributed by atoms with Crippen LogP contribution in [0.5, 0.6) is 0 Å². The summed E-state index contributed by atoms with van der Waals surface area (Å²) in [6.07, 6.45) is 1.04. The number of rotatable bonds is 4. The van der Waals surface area contributed by atoms with Crippen LogP contribution in [0.25, 0.3) is 10.9 Å². The Bertz CT molecular complexity index is 950. The van der Waals surface area contributed by atoms with E-state index < -0.39 is 0 Å². The molecule has 3 heterocycles. The fourth-order valence-electron chi connectivity index (χ4n) is 3.77. The molecule has 136 valence electrons. The van der Waals surface area contributed by atoms with Crippen LogP contribution in [0.15, 0.2) is 30.3 Å². The molecule has 1 aromatic carbocycles. The first kappa shape index (κ1) is 17.7. The first-order valence-corrected chi connectivity index (χ1v) is 9.69. The van der Waals surface area contributed by atoms with E-state index in [1.807, 2.05) is 25.1 Å². The number of aryl methyl sites for hydroxylation is 1. The summed E-state index contributed by atoms with van der Waals surface area (Å²) in [6, 6.07) is 10.3. The number of aromatic nitrogens is 2. The number of anilines is 1. The van der Waals surface area contributed by atoms with Gasteiger partial charge in [-0.15, -0.1) is 0 Å². The Balaban J connectivity index is 1.44. The van der Waals surface area contributed by atoms with E-state index in [2.05, 4.69) is 39.2 Å². The van der Waals surface area contributed by atoms with E-state index in [-0.39, 0.29) is 0 Å². The molecule has 1 atom stereocenters. The van der Waals surface area contributed by atoms with Crippen LogP contribution in [0.4, 0.5) is 5.82 Å². The molecule has 26 heavy (non-hydrogen) atoms. The maximum absolute atomic E-state index is 6.18. The lowest BCUT2D eigenvalue weighted by Gasteiger charge is -2.33. The molecule has 4 rings (SSSR count). The second kappa shape index (κ2) is 7.10. The number of fused-ring (bicyclic) bond motifs is 3. The summed E-state index contributed by atoms with van der Waals surface area (Å²) in [5.74, 6) is 0.873. The van der Waals surface area contributed by atoms with E-state index in [1.54, 1.807) is 0 Å². The van der Waals surface area contributed by atoms with Crippen LogP contribution in [0.3, 0.4) is 0 Å². The molecule has 0 spiro atoms. The normalized spacial score (nSPS) is 17.5. The van der Waals surface area contributed by atoms with Crippen molar-refractivity contribution in [3.63, 3.8) is 0 Å². The summed E-state index contributed by atoms with van der Waals surface area (Å²) in [5, 5.41) is 6.16. The molecule has 0 aliphatic carbocycles. The Morgan fingerprint density at radius 2 is 2.12 bits per heavy atom. The van der Waals surface area contributed by atoms with Gasteiger partial charge in [0.15, 0.2) is 0 Å². The second-order valence-electron chi connectivity index (χ2n) is 6.86. The largest absolute Gasteiger partial charge is 0.369 e. The van der Waals surface area contributed by atoms with Crippen LogP contribution in [0.1, 0.15) is 29.9 Å². The fraction of sp³-hybridized carbons (Fsp3) is 0.350. The van der Waals surface area contributed by atoms with Gasteiger partial charge >= 0.3 is 0 Å². The lowest BCUT2D eigenvalue weighted by Crippen LogP contribution is -2.37. The molecule has 2 aromatic heterocycles. The maximum atomic E-state index is 6.18. The number of benzene rings is 1. The molecular weight excluding hydrogens is 367 g/mol. The molecule has 2 N–H and O–H groups in total. The minimum absolute atomic E-state index is 0.353. The van der Waals surface area contributed by atoms with Gasteiger partial charge in [-0.2, -0.15) is 0 Å². The predicted molar refractivity (Wildman–Crippen MR) is 109 cm³/mol. The molecule has 0 amide bonds. The van der Waals surface area contributed by atoms with Gasteiger partial charge in [-0.25, -0.2) is 4.98 Å². The highest BCUT2D eigenvalue weighted by molar-refractivity contribution is 6.31. The molecule has 1 unspecified atom stereocenters. The summed E-state index contributed by atoms with van der Waals surface area (Å²) in [4.78, 5) is 10.6. The monoisotopic (exact) mass is 388 g/mol. The molecule has 0 fully saturated rings. The summed E-state index contributed by atoms with van der Waals surface area (Å²) in [7, 11) is 0. The van der Waals surface area contributed by atoms with Gasteiger partial charge in [0.2, 0.25) is 0 Å². The first-order chi connectivity index (χ1) is 12.5. The van der Waals surface area contributed by atoms with Gasteiger partial charge in [-0.05, 0) is 56.2 Å². The fourth-order valence-corrected chi connectivity index (χ4v) is 4.05. The second-order valence-corrected chi connectivity index (χ2v) is 7.70. The molecule has 0 saturated heterocycles. The van der Waals surface area contributed by atoms with Crippen molar-refractivity contribution in [3.05, 3.63) is 57.3 Å². The highest BCUT2D eigenvalue weighted by Gasteiger charge is 2.26. The predicted octanol–water partition coefficient (Wildman–Crippen LogP) is 5.21. The van der Waals surface area contributed by atoms with Crippen molar-refractivity contribution in [3.8, 4) is 0 Å². The number of aromatic amines is 1. The molecule has 6 heteroatoms. The van der Waals surface area contributed by atoms with Crippen LogP contribution in [-0.2, 0) is 6.42 Å². The molecule has 1 aliphatic heterocycles. The van der Waals surface area contributed by atoms with Crippen LogP contribution in [-0.4, -0.2) is 34.5 Å². The molecule has 0 saturated carbocycles. The zero-order chi connectivity index (χ0) is 18.3. The smallest absolute Gasteiger partial charge is 0.126 e. The Morgan fingerprint density at radius 3 is 2.92 bits per heavy atom. The molecule has 3 aromatic rings. The van der Waals surface area contributed by atoms with Crippen molar-refractivity contribution in [2.24, 2.45) is 0 Å². The Kier molecular flexibility index (Phi) is 4.82. The quantitative estimate of drug-likeness (QED) is 0.644. The van der Waals surface area contributed by atoms with Gasteiger partial charge in [-0.3, -0.25) is 4.90 Å². The molecule has 4 nitrogen and oxygen atoms in total. The minimum atomic E-state index is 0.353. The number of pyridine rings is 1. The average Bonchev–Trinajstić information content (AvgIpc) is 2.99. The van der Waals surface area contributed by atoms with E-state index in [1.165, 1.54) is 22.2 Å². The molecular formula is C20H22Cl2N4. The van der Waals surface area contributed by atoms with Crippen molar-refractivity contribution in [1.82, 2.24) is 14.9 Å². The lowest BCUT2D eigenvalue weighted by atomic mass is 9.98. The van der Waals surface area contributed by atoms with Gasteiger partial charge in [0.25, 0.3) is 0 Å². The van der Waals surface area contributed by atoms with Crippen molar-refractivity contribution in [2.75, 3.05) is 25.0 Å². The molecule has 0 radical (unpaired) electrons. The Hall–Kier alpha value is -1.75. The molecule has 0 bridgehead atoms. The number of nitrogens with zero attached hydrogens (tertiary/aromatic N) is 2. The van der Waals surface area contributed by atoms with Crippen LogP contribution in [0, 0.1) is 6.92 Å². The van der Waals surface area contributed by atoms with Crippen molar-refractivity contribution >= 4 is 39.9 Å². The molecule has 1 aliphatic rings. The summed E-state index contributed by atoms with van der Waals surface area (Å²) in [6.45, 7) is 7.03. The van der Waals surface area contributed by atoms with Gasteiger partial charge in [0.05, 0.1) is 10.7 Å². The van der Waals surface area contributed by atoms with E-state index in [9.17, 15) is 0 Å². The number of halogens is 2. The zero-order valence-corrected chi connectivity index (χ0v) is 16.5. The summed E-state index contributed by atoms with van der Waals surface area (Å²) < 4.78 is 0. The van der Waals surface area contributed by atoms with E-state index in [0.29, 0.717) is 11.1 Å². The number of nitrogens with one attached hydrogen (secondary N) is 2. The lowest BCUT2D eigenvalue weighted by molar-refractivity contribution is 0.204. The van der Waals surface area contributed by atoms with Crippen molar-refractivity contribution in [2.45, 2.75) is 26.3 Å². The van der Waals surface area contributed by atoms with Crippen LogP contribution in [0.2, 0.25) is 10.0 Å². The van der Waals surface area contributed by atoms with E-state index in [0.717, 1.165) is 42.6 Å². The third kappa shape index (κ3) is 3.29. The third-order valence-corrected chi connectivity index (χ3v) is 5.88. The number of hydrogen-bond acceptors (Lipinski definition) is 3. The SMILES string of the molecule is Cc1nc(NCCN2CCc3c([nH]c4ccc(Cl)cc34)C2C)ccc1Cl. The zero-order valence-electron chi connectivity index (χ0n) is 14.9. The third-order valence-electron chi connectivity index (χ3n) is 5.24. The number of H-pyrrole nitrogens is 1. The standard InChI is InChI=1S/C20H22Cl2N4/c1-12-17(22)4-6-19(24-12)23-8-10-26-9-7-15-16-11-14(21)3-5-18(16)25-20(15)13(26)2/h3-6,11,13,25H,7-10H2,1-2H3,(H,23,24). The van der Waals surface area contributed by atoms with Gasteiger partial charge in [-0.1, -0.05) is 23.2 Å². The highest BCUT2D eigenvalue weighted by atomic mass is 35.5. The minimum Gasteiger partial charge on any atom is -0.369 e. The first-order valence-electron chi connectivity index (χ1n) is 8.94. The summed E-state index contributed by atoms with van der Waals surface area (Å²) in [5.41, 5.74) is 4.75. The maximum Gasteiger partial charge on any atom is 0.126 e. The van der Waals surface area contributed by atoms with Gasteiger partial charge < -0.3 is 10.3 Å². The van der Waals surface area contributed by atoms with Crippen LogP contribution >= 0.6 is 23.2 Å². The Morgan fingerprint density at radius 1 is 1.27 bits per heavy atom. The topological polar surface area (TPSA) is 44.0 Å². The van der Waals surface area contributed by atoms with Gasteiger partial charge in [0, 0.05) is 47.3 Å². The number of hydrogen-bond donors (Lipinski definition) is 2. The Labute approximate surface area is 163 Å².